The Hall–Kier alpha value is -2.39. The Labute approximate surface area is 138 Å². The third-order valence-corrected chi connectivity index (χ3v) is 5.23. The second-order valence-electron chi connectivity index (χ2n) is 4.68. The molecule has 0 aliphatic rings. The summed E-state index contributed by atoms with van der Waals surface area (Å²) in [6.45, 7) is 3.71. The van der Waals surface area contributed by atoms with Crippen LogP contribution in [0.2, 0.25) is 0 Å². The van der Waals surface area contributed by atoms with E-state index in [2.05, 4.69) is 14.7 Å². The summed E-state index contributed by atoms with van der Waals surface area (Å²) in [4.78, 5) is 38.2. The third-order valence-electron chi connectivity index (χ3n) is 3.04. The molecule has 3 aromatic heterocycles. The summed E-state index contributed by atoms with van der Waals surface area (Å²) in [5.41, 5.74) is 7.86. The number of methoxy groups -OCH3 is 1. The number of esters is 1. The van der Waals surface area contributed by atoms with Crippen molar-refractivity contribution in [2.45, 2.75) is 13.8 Å². The van der Waals surface area contributed by atoms with Crippen LogP contribution >= 0.6 is 22.7 Å². The number of hydrogen-bond acceptors (Lipinski definition) is 7. The van der Waals surface area contributed by atoms with Crippen molar-refractivity contribution in [3.8, 4) is 0 Å². The quantitative estimate of drug-likeness (QED) is 0.578. The van der Waals surface area contributed by atoms with Crippen LogP contribution in [-0.4, -0.2) is 23.0 Å². The van der Waals surface area contributed by atoms with Gasteiger partial charge in [0.25, 0.3) is 5.56 Å². The molecule has 3 heterocycles. The number of H-pyrrole nitrogens is 2. The second kappa shape index (κ2) is 6.80. The second-order valence-corrected chi connectivity index (χ2v) is 6.44. The summed E-state index contributed by atoms with van der Waals surface area (Å²) in [6.07, 6.45) is 0. The molecular formula is C14H15N3O4S2. The zero-order valence-corrected chi connectivity index (χ0v) is 14.3. The van der Waals surface area contributed by atoms with Crippen molar-refractivity contribution in [2.75, 3.05) is 12.8 Å². The molecule has 7 nitrogen and oxygen atoms in total. The van der Waals surface area contributed by atoms with Gasteiger partial charge < -0.3 is 15.5 Å². The van der Waals surface area contributed by atoms with Crippen LogP contribution < -0.4 is 17.0 Å². The molecule has 0 aliphatic carbocycles. The van der Waals surface area contributed by atoms with Gasteiger partial charge in [0.05, 0.1) is 18.3 Å². The van der Waals surface area contributed by atoms with Crippen LogP contribution in [-0.2, 0) is 4.74 Å². The van der Waals surface area contributed by atoms with E-state index in [1.54, 1.807) is 0 Å². The van der Waals surface area contributed by atoms with Crippen LogP contribution in [0.15, 0.2) is 20.3 Å². The van der Waals surface area contributed by atoms with Gasteiger partial charge in [0, 0.05) is 0 Å². The highest BCUT2D eigenvalue weighted by molar-refractivity contribution is 7.17. The lowest BCUT2D eigenvalue weighted by Gasteiger charge is -1.96. The first-order chi connectivity index (χ1) is 10.8. The lowest BCUT2D eigenvalue weighted by molar-refractivity contribution is 0.0607. The van der Waals surface area contributed by atoms with Crippen LogP contribution in [0.1, 0.15) is 20.8 Å². The average molecular weight is 353 g/mol. The number of nitrogens with two attached hydrogens (primary N) is 1. The Kier molecular flexibility index (Phi) is 5.02. The van der Waals surface area contributed by atoms with Crippen molar-refractivity contribution in [3.05, 3.63) is 47.6 Å². The number of fused-ring (bicyclic) bond motifs is 1. The predicted octanol–water partition coefficient (Wildman–Crippen LogP) is 2.01. The molecule has 122 valence electrons. The molecule has 0 saturated heterocycles. The molecule has 0 aromatic carbocycles. The molecule has 3 rings (SSSR count). The van der Waals surface area contributed by atoms with E-state index in [4.69, 9.17) is 5.73 Å². The maximum Gasteiger partial charge on any atom is 0.350 e. The topological polar surface area (TPSA) is 118 Å². The maximum atomic E-state index is 11.1. The summed E-state index contributed by atoms with van der Waals surface area (Å²) in [6, 6.07) is 0. The number of rotatable bonds is 1. The van der Waals surface area contributed by atoms with E-state index in [0.29, 0.717) is 20.8 Å². The number of anilines is 1. The Bertz CT molecular complexity index is 964. The van der Waals surface area contributed by atoms with Gasteiger partial charge >= 0.3 is 11.7 Å². The van der Waals surface area contributed by atoms with E-state index in [1.165, 1.54) is 29.8 Å². The summed E-state index contributed by atoms with van der Waals surface area (Å²) < 4.78 is 5.10. The molecule has 0 spiro atoms. The molecule has 23 heavy (non-hydrogen) atoms. The molecule has 0 atom stereocenters. The number of ether oxygens (including phenoxy) is 1. The fraction of sp³-hybridized carbons (Fsp3) is 0.214. The van der Waals surface area contributed by atoms with Gasteiger partial charge in [0.2, 0.25) is 0 Å². The highest BCUT2D eigenvalue weighted by atomic mass is 32.1. The minimum atomic E-state index is -0.450. The van der Waals surface area contributed by atoms with Crippen LogP contribution in [0.25, 0.3) is 10.2 Å². The largest absolute Gasteiger partial charge is 0.465 e. The van der Waals surface area contributed by atoms with Crippen molar-refractivity contribution in [1.82, 2.24) is 9.97 Å². The first-order valence-electron chi connectivity index (χ1n) is 6.47. The number of thiophene rings is 2. The van der Waals surface area contributed by atoms with E-state index < -0.39 is 5.69 Å². The lowest BCUT2D eigenvalue weighted by Crippen LogP contribution is -2.20. The lowest BCUT2D eigenvalue weighted by atomic mass is 10.3. The van der Waals surface area contributed by atoms with Crippen LogP contribution in [0.3, 0.4) is 0 Å². The van der Waals surface area contributed by atoms with Crippen LogP contribution in [0.5, 0.6) is 0 Å². The molecule has 0 amide bonds. The average Bonchev–Trinajstić information content (AvgIpc) is 3.04. The number of aryl methyl sites for hydroxylation is 2. The summed E-state index contributed by atoms with van der Waals surface area (Å²) >= 11 is 2.64. The van der Waals surface area contributed by atoms with Crippen LogP contribution in [0.4, 0.5) is 5.69 Å². The van der Waals surface area contributed by atoms with E-state index in [-0.39, 0.29) is 11.5 Å². The predicted molar refractivity (Wildman–Crippen MR) is 92.6 cm³/mol. The number of hydrogen-bond donors (Lipinski definition) is 3. The van der Waals surface area contributed by atoms with Crippen molar-refractivity contribution >= 4 is 44.5 Å². The summed E-state index contributed by atoms with van der Waals surface area (Å²) in [5, 5.41) is 3.68. The van der Waals surface area contributed by atoms with Gasteiger partial charge in [-0.1, -0.05) is 0 Å². The fourth-order valence-corrected chi connectivity index (χ4v) is 3.56. The highest BCUT2D eigenvalue weighted by Crippen LogP contribution is 2.24. The Morgan fingerprint density at radius 2 is 1.78 bits per heavy atom. The van der Waals surface area contributed by atoms with Crippen molar-refractivity contribution in [2.24, 2.45) is 0 Å². The van der Waals surface area contributed by atoms with Gasteiger partial charge in [-0.15, -0.1) is 22.7 Å². The summed E-state index contributed by atoms with van der Waals surface area (Å²) in [7, 11) is 1.34. The number of nitrogen functional groups attached to an aromatic ring is 1. The Morgan fingerprint density at radius 1 is 1.13 bits per heavy atom. The van der Waals surface area contributed by atoms with Crippen molar-refractivity contribution < 1.29 is 9.53 Å². The molecular weight excluding hydrogens is 338 g/mol. The van der Waals surface area contributed by atoms with Gasteiger partial charge in [0.1, 0.15) is 9.58 Å². The molecule has 9 heteroatoms. The SMILES string of the molecule is COC(=O)c1scc(C)c1N.Cc1csc2c(=O)[nH]c(=O)[nH]c12. The van der Waals surface area contributed by atoms with E-state index in [9.17, 15) is 14.4 Å². The third kappa shape index (κ3) is 3.51. The van der Waals surface area contributed by atoms with E-state index >= 15 is 0 Å². The maximum absolute atomic E-state index is 11.1. The molecule has 3 aromatic rings. The van der Waals surface area contributed by atoms with E-state index in [0.717, 1.165) is 11.1 Å². The highest BCUT2D eigenvalue weighted by Gasteiger charge is 2.13. The minimum absolute atomic E-state index is 0.313. The van der Waals surface area contributed by atoms with Gasteiger partial charge in [-0.2, -0.15) is 0 Å². The number of carbonyl (C=O) groups is 1. The number of carbonyl (C=O) groups excluding carboxylic acids is 1. The molecule has 0 radical (unpaired) electrons. The number of aromatic nitrogens is 2. The molecule has 0 aliphatic heterocycles. The smallest absolute Gasteiger partial charge is 0.350 e. The first-order valence-corrected chi connectivity index (χ1v) is 8.23. The fourth-order valence-electron chi connectivity index (χ4n) is 1.78. The summed E-state index contributed by atoms with van der Waals surface area (Å²) in [5.74, 6) is -0.361. The zero-order valence-electron chi connectivity index (χ0n) is 12.7. The minimum Gasteiger partial charge on any atom is -0.465 e. The first kappa shape index (κ1) is 17.0. The van der Waals surface area contributed by atoms with E-state index in [1.807, 2.05) is 24.6 Å². The zero-order chi connectivity index (χ0) is 17.1. The van der Waals surface area contributed by atoms with Gasteiger partial charge in [-0.05, 0) is 35.7 Å². The number of nitrogens with one attached hydrogen (secondary N) is 2. The standard InChI is InChI=1S/C7H6N2O2S.C7H9NO2S/c1-3-2-12-5-4(3)8-7(11)9-6(5)10;1-4-3-11-6(5(4)8)7(9)10-2/h2H,1H3,(H2,8,9,10,11);3H,8H2,1-2H3. The molecule has 0 saturated carbocycles. The Balaban J connectivity index is 0.000000168. The monoisotopic (exact) mass is 353 g/mol. The number of aromatic amines is 2. The van der Waals surface area contributed by atoms with Gasteiger partial charge in [0.15, 0.2) is 0 Å². The normalized spacial score (nSPS) is 10.2. The molecule has 0 fully saturated rings. The molecule has 4 N–H and O–H groups in total. The van der Waals surface area contributed by atoms with Gasteiger partial charge in [-0.25, -0.2) is 9.59 Å². The Morgan fingerprint density at radius 3 is 2.35 bits per heavy atom. The van der Waals surface area contributed by atoms with Crippen molar-refractivity contribution in [1.29, 1.82) is 0 Å². The molecule has 0 unspecified atom stereocenters. The van der Waals surface area contributed by atoms with Crippen LogP contribution in [0, 0.1) is 13.8 Å². The van der Waals surface area contributed by atoms with Gasteiger partial charge in [-0.3, -0.25) is 9.78 Å². The molecule has 0 bridgehead atoms. The van der Waals surface area contributed by atoms with Crippen molar-refractivity contribution in [3.63, 3.8) is 0 Å².